The van der Waals surface area contributed by atoms with Crippen LogP contribution in [0.3, 0.4) is 0 Å². The number of halogens is 2. The minimum Gasteiger partial charge on any atom is -0.504 e. The van der Waals surface area contributed by atoms with Gasteiger partial charge in [-0.3, -0.25) is 5.21 Å². The number of nitroso groups, excluding NO2 is 1. The molecule has 0 saturated heterocycles. The molecule has 0 spiro atoms. The molecule has 1 aliphatic rings. The molecule has 2 aromatic rings. The van der Waals surface area contributed by atoms with Crippen LogP contribution in [0.1, 0.15) is 19.7 Å². The number of aromatic nitrogens is 2. The van der Waals surface area contributed by atoms with Crippen molar-refractivity contribution < 1.29 is 19.9 Å². The minimum atomic E-state index is -0.656. The van der Waals surface area contributed by atoms with Crippen LogP contribution in [0, 0.1) is 4.91 Å². The maximum atomic E-state index is 10.7. The summed E-state index contributed by atoms with van der Waals surface area (Å²) in [4.78, 5) is 14.9. The summed E-state index contributed by atoms with van der Waals surface area (Å²) in [5, 5.41) is 36.8. The van der Waals surface area contributed by atoms with E-state index in [1.165, 1.54) is 6.07 Å². The van der Waals surface area contributed by atoms with Crippen LogP contribution in [0.15, 0.2) is 37.6 Å². The topological polar surface area (TPSA) is 132 Å². The normalized spacial score (nSPS) is 17.9. The summed E-state index contributed by atoms with van der Waals surface area (Å²) in [6, 6.07) is 1.77. The van der Waals surface area contributed by atoms with Gasteiger partial charge in [0.2, 0.25) is 5.82 Å². The number of phenols is 2. The van der Waals surface area contributed by atoms with Gasteiger partial charge in [-0.05, 0) is 36.7 Å². The monoisotopic (exact) mass is 398 g/mol. The molecular weight excluding hydrogens is 387 g/mol. The molecular formula is C15H12Cl2N4O5. The lowest BCUT2D eigenvalue weighted by atomic mass is 10.0. The number of nitrogens with zero attached hydrogens (tertiary/aromatic N) is 4. The van der Waals surface area contributed by atoms with Crippen LogP contribution in [0.25, 0.3) is 17.0 Å². The van der Waals surface area contributed by atoms with E-state index in [1.807, 2.05) is 0 Å². The van der Waals surface area contributed by atoms with E-state index < -0.39 is 17.5 Å². The zero-order chi connectivity index (χ0) is 19.2. The van der Waals surface area contributed by atoms with Gasteiger partial charge in [0.25, 0.3) is 5.89 Å². The van der Waals surface area contributed by atoms with Crippen molar-refractivity contribution in [2.75, 3.05) is 0 Å². The molecule has 0 radical (unpaired) electrons. The van der Waals surface area contributed by atoms with Crippen molar-refractivity contribution in [2.24, 2.45) is 5.18 Å². The van der Waals surface area contributed by atoms with Crippen molar-refractivity contribution in [3.8, 4) is 23.0 Å². The van der Waals surface area contributed by atoms with Gasteiger partial charge in [-0.25, -0.2) is 5.06 Å². The van der Waals surface area contributed by atoms with Crippen LogP contribution in [-0.4, -0.2) is 36.7 Å². The molecule has 9 nitrogen and oxygen atoms in total. The second-order valence-corrected chi connectivity index (χ2v) is 6.30. The summed E-state index contributed by atoms with van der Waals surface area (Å²) in [6.45, 7) is 3.36. The Morgan fingerprint density at radius 3 is 2.65 bits per heavy atom. The molecule has 1 aliphatic heterocycles. The number of hydrogen-bond donors (Lipinski definition) is 3. The van der Waals surface area contributed by atoms with Gasteiger partial charge >= 0.3 is 0 Å². The summed E-state index contributed by atoms with van der Waals surface area (Å²) in [5.41, 5.74) is 0.599. The first-order chi connectivity index (χ1) is 12.3. The van der Waals surface area contributed by atoms with E-state index in [4.69, 9.17) is 27.7 Å². The smallest absolute Gasteiger partial charge is 0.258 e. The van der Waals surface area contributed by atoms with Crippen molar-refractivity contribution in [1.82, 2.24) is 15.2 Å². The predicted molar refractivity (Wildman–Crippen MR) is 92.9 cm³/mol. The van der Waals surface area contributed by atoms with Crippen LogP contribution in [0.5, 0.6) is 11.5 Å². The van der Waals surface area contributed by atoms with E-state index in [0.717, 1.165) is 11.1 Å². The molecule has 0 bridgehead atoms. The lowest BCUT2D eigenvalue weighted by molar-refractivity contribution is -0.0670. The Kier molecular flexibility index (Phi) is 4.61. The Balaban J connectivity index is 2.09. The van der Waals surface area contributed by atoms with Crippen molar-refractivity contribution in [3.63, 3.8) is 0 Å². The van der Waals surface area contributed by atoms with Crippen molar-refractivity contribution in [2.45, 2.75) is 19.9 Å². The largest absolute Gasteiger partial charge is 0.504 e. The van der Waals surface area contributed by atoms with Crippen LogP contribution in [0.4, 0.5) is 5.69 Å². The summed E-state index contributed by atoms with van der Waals surface area (Å²) in [6.07, 6.45) is 0. The molecule has 0 aliphatic carbocycles. The molecule has 3 rings (SSSR count). The second-order valence-electron chi connectivity index (χ2n) is 5.54. The minimum absolute atomic E-state index is 0.0319. The van der Waals surface area contributed by atoms with E-state index >= 15 is 0 Å². The second kappa shape index (κ2) is 6.60. The molecule has 3 N–H and O–H groups in total. The fraction of sp³-hybridized carbons (Fsp3) is 0.200. The first-order valence-corrected chi connectivity index (χ1v) is 8.00. The van der Waals surface area contributed by atoms with Gasteiger partial charge in [0.15, 0.2) is 17.2 Å². The highest BCUT2D eigenvalue weighted by Gasteiger charge is 2.31. The van der Waals surface area contributed by atoms with Gasteiger partial charge in [0, 0.05) is 10.6 Å². The molecule has 1 aromatic carbocycles. The highest BCUT2D eigenvalue weighted by molar-refractivity contribution is 6.36. The third kappa shape index (κ3) is 2.79. The van der Waals surface area contributed by atoms with Crippen molar-refractivity contribution >= 4 is 34.5 Å². The first kappa shape index (κ1) is 18.2. The Bertz CT molecular complexity index is 969. The number of benzene rings is 1. The molecule has 1 aromatic heterocycles. The average molecular weight is 399 g/mol. The predicted octanol–water partition coefficient (Wildman–Crippen LogP) is 4.06. The lowest BCUT2D eigenvalue weighted by Crippen LogP contribution is -2.32. The van der Waals surface area contributed by atoms with Gasteiger partial charge in [0.1, 0.15) is 5.16 Å². The number of allylic oxidation sites excluding steroid dienone is 2. The average Bonchev–Trinajstić information content (AvgIpc) is 3.10. The maximum absolute atomic E-state index is 10.7. The quantitative estimate of drug-likeness (QED) is 0.400. The van der Waals surface area contributed by atoms with Crippen molar-refractivity contribution in [3.05, 3.63) is 38.6 Å². The maximum Gasteiger partial charge on any atom is 0.258 e. The SMILES string of the molecule is CC1=C(Cl)C(C)N(O)C(Cl)=C1c1noc(-c2cc(O)c(O)c(N=O)c2)n1. The summed E-state index contributed by atoms with van der Waals surface area (Å²) in [5.74, 6) is -1.25. The van der Waals surface area contributed by atoms with Gasteiger partial charge in [-0.1, -0.05) is 28.4 Å². The summed E-state index contributed by atoms with van der Waals surface area (Å²) < 4.78 is 5.14. The number of rotatable bonds is 3. The fourth-order valence-electron chi connectivity index (χ4n) is 2.48. The molecule has 26 heavy (non-hydrogen) atoms. The molecule has 2 heterocycles. The number of aromatic hydroxyl groups is 2. The number of hydrogen-bond acceptors (Lipinski definition) is 9. The number of phenolic OH excluding ortho intramolecular Hbond substituents is 2. The third-order valence-electron chi connectivity index (χ3n) is 3.94. The fourth-order valence-corrected chi connectivity index (χ4v) is 3.04. The van der Waals surface area contributed by atoms with Gasteiger partial charge in [-0.15, -0.1) is 4.91 Å². The molecule has 1 unspecified atom stereocenters. The standard InChI is InChI=1S/C15H12Cl2N4O5/c1-5-10(13(17)21(25)6(2)11(5)16)14-18-15(26-20-14)7-3-8(19-24)12(23)9(22)4-7/h3-4,6,22-23,25H,1-2H3. The molecule has 136 valence electrons. The Morgan fingerprint density at radius 1 is 1.31 bits per heavy atom. The highest BCUT2D eigenvalue weighted by Crippen LogP contribution is 2.41. The molecule has 0 amide bonds. The van der Waals surface area contributed by atoms with Crippen LogP contribution < -0.4 is 0 Å². The Morgan fingerprint density at radius 2 is 2.00 bits per heavy atom. The zero-order valence-corrected chi connectivity index (χ0v) is 14.9. The van der Waals surface area contributed by atoms with Crippen LogP contribution in [0.2, 0.25) is 0 Å². The number of hydroxylamine groups is 2. The Labute approximate surface area is 156 Å². The Hall–Kier alpha value is -2.62. The highest BCUT2D eigenvalue weighted by atomic mass is 35.5. The van der Waals surface area contributed by atoms with Crippen molar-refractivity contribution in [1.29, 1.82) is 0 Å². The summed E-state index contributed by atoms with van der Waals surface area (Å²) >= 11 is 12.4. The molecule has 0 fully saturated rings. The van der Waals surface area contributed by atoms with E-state index in [2.05, 4.69) is 15.3 Å². The molecule has 11 heteroatoms. The van der Waals surface area contributed by atoms with E-state index in [9.17, 15) is 20.3 Å². The third-order valence-corrected chi connectivity index (χ3v) is 4.90. The lowest BCUT2D eigenvalue weighted by Gasteiger charge is -2.30. The van der Waals surface area contributed by atoms with Crippen LogP contribution in [-0.2, 0) is 0 Å². The van der Waals surface area contributed by atoms with Gasteiger partial charge in [0.05, 0.1) is 11.6 Å². The van der Waals surface area contributed by atoms with Crippen LogP contribution >= 0.6 is 23.2 Å². The molecule has 0 saturated carbocycles. The van der Waals surface area contributed by atoms with E-state index in [1.54, 1.807) is 13.8 Å². The first-order valence-electron chi connectivity index (χ1n) is 7.24. The zero-order valence-electron chi connectivity index (χ0n) is 13.4. The van der Waals surface area contributed by atoms with Gasteiger partial charge in [-0.2, -0.15) is 4.98 Å². The molecule has 1 atom stereocenters. The van der Waals surface area contributed by atoms with E-state index in [-0.39, 0.29) is 33.7 Å². The van der Waals surface area contributed by atoms with E-state index in [0.29, 0.717) is 10.6 Å². The van der Waals surface area contributed by atoms with Gasteiger partial charge < -0.3 is 14.7 Å². The summed E-state index contributed by atoms with van der Waals surface area (Å²) in [7, 11) is 0.